The molecule has 1 saturated heterocycles. The van der Waals surface area contributed by atoms with Crippen LogP contribution in [0.3, 0.4) is 0 Å². The molecule has 1 aromatic heterocycles. The molecule has 1 aliphatic carbocycles. The first-order valence-electron chi connectivity index (χ1n) is 11.4. The van der Waals surface area contributed by atoms with Gasteiger partial charge in [-0.05, 0) is 55.9 Å². The van der Waals surface area contributed by atoms with E-state index in [9.17, 15) is 14.7 Å². The molecule has 1 unspecified atom stereocenters. The van der Waals surface area contributed by atoms with E-state index in [1.54, 1.807) is 18.7 Å². The number of nitrogens with one attached hydrogen (secondary N) is 1. The van der Waals surface area contributed by atoms with E-state index < -0.39 is 5.97 Å². The number of carbonyl (C=O) groups excluding carboxylic acids is 1. The van der Waals surface area contributed by atoms with E-state index in [0.29, 0.717) is 12.1 Å². The zero-order valence-electron chi connectivity index (χ0n) is 18.2. The van der Waals surface area contributed by atoms with Gasteiger partial charge < -0.3 is 15.3 Å². The highest BCUT2D eigenvalue weighted by molar-refractivity contribution is 7.99. The molecular formula is C23H35N3O3S. The van der Waals surface area contributed by atoms with Crippen molar-refractivity contribution < 1.29 is 14.7 Å². The Balaban J connectivity index is 1.76. The number of anilines is 1. The van der Waals surface area contributed by atoms with Crippen molar-refractivity contribution >= 4 is 29.5 Å². The van der Waals surface area contributed by atoms with Gasteiger partial charge in [-0.25, -0.2) is 4.98 Å². The van der Waals surface area contributed by atoms with E-state index in [0.717, 1.165) is 55.2 Å². The van der Waals surface area contributed by atoms with Gasteiger partial charge in [-0.3, -0.25) is 9.59 Å². The molecule has 0 aromatic carbocycles. The minimum atomic E-state index is -0.733. The van der Waals surface area contributed by atoms with Crippen LogP contribution in [0.5, 0.6) is 0 Å². The molecule has 2 atom stereocenters. The summed E-state index contributed by atoms with van der Waals surface area (Å²) in [5.41, 5.74) is 0.662. The fourth-order valence-corrected chi connectivity index (χ4v) is 5.30. The summed E-state index contributed by atoms with van der Waals surface area (Å²) < 4.78 is 0. The predicted octanol–water partition coefficient (Wildman–Crippen LogP) is 4.58. The summed E-state index contributed by atoms with van der Waals surface area (Å²) in [4.78, 5) is 31.4. The van der Waals surface area contributed by atoms with E-state index in [1.807, 2.05) is 12.1 Å². The molecule has 2 heterocycles. The van der Waals surface area contributed by atoms with Crippen molar-refractivity contribution in [1.29, 1.82) is 0 Å². The highest BCUT2D eigenvalue weighted by Crippen LogP contribution is 2.30. The van der Waals surface area contributed by atoms with Crippen molar-refractivity contribution in [1.82, 2.24) is 10.3 Å². The van der Waals surface area contributed by atoms with Crippen LogP contribution in [0.1, 0.15) is 75.6 Å². The zero-order valence-corrected chi connectivity index (χ0v) is 19.0. The van der Waals surface area contributed by atoms with E-state index in [2.05, 4.69) is 17.1 Å². The van der Waals surface area contributed by atoms with Gasteiger partial charge in [-0.2, -0.15) is 0 Å². The summed E-state index contributed by atoms with van der Waals surface area (Å²) in [5, 5.41) is 13.4. The van der Waals surface area contributed by atoms with Crippen molar-refractivity contribution in [2.45, 2.75) is 76.3 Å². The number of hydrogen-bond donors (Lipinski definition) is 2. The van der Waals surface area contributed by atoms with E-state index >= 15 is 0 Å². The number of carboxylic acid groups (broad SMARTS) is 1. The summed E-state index contributed by atoms with van der Waals surface area (Å²) >= 11 is 1.63. The summed E-state index contributed by atoms with van der Waals surface area (Å²) in [6.07, 6.45) is 8.67. The molecule has 2 fully saturated rings. The van der Waals surface area contributed by atoms with Crippen LogP contribution >= 0.6 is 11.8 Å². The Kier molecular flexibility index (Phi) is 8.42. The molecule has 1 saturated carbocycles. The molecule has 0 spiro atoms. The van der Waals surface area contributed by atoms with Crippen molar-refractivity contribution in [3.63, 3.8) is 0 Å². The van der Waals surface area contributed by atoms with Gasteiger partial charge in [0, 0.05) is 19.1 Å². The van der Waals surface area contributed by atoms with E-state index in [1.165, 1.54) is 19.3 Å². The van der Waals surface area contributed by atoms with E-state index in [4.69, 9.17) is 4.98 Å². The maximum atomic E-state index is 13.0. The average Bonchev–Trinajstić information content (AvgIpc) is 2.77. The minimum Gasteiger partial charge on any atom is -0.481 e. The molecule has 2 aliphatic rings. The first-order valence-corrected chi connectivity index (χ1v) is 12.4. The van der Waals surface area contributed by atoms with Crippen molar-refractivity contribution in [3.05, 3.63) is 17.7 Å². The molecule has 0 radical (unpaired) electrons. The van der Waals surface area contributed by atoms with Crippen LogP contribution in [0, 0.1) is 11.8 Å². The topological polar surface area (TPSA) is 82.5 Å². The number of hydrogen-bond acceptors (Lipinski definition) is 5. The Hall–Kier alpha value is -1.76. The highest BCUT2D eigenvalue weighted by atomic mass is 32.2. The summed E-state index contributed by atoms with van der Waals surface area (Å²) in [7, 11) is 0. The van der Waals surface area contributed by atoms with Gasteiger partial charge >= 0.3 is 5.97 Å². The summed E-state index contributed by atoms with van der Waals surface area (Å²) in [6, 6.07) is 4.11. The molecule has 6 nitrogen and oxygen atoms in total. The minimum absolute atomic E-state index is 0.0180. The first-order chi connectivity index (χ1) is 14.5. The monoisotopic (exact) mass is 433 g/mol. The Bertz CT molecular complexity index is 736. The van der Waals surface area contributed by atoms with Crippen LogP contribution < -0.4 is 10.2 Å². The lowest BCUT2D eigenvalue weighted by atomic mass is 9.86. The van der Waals surface area contributed by atoms with Crippen LogP contribution in [0.4, 0.5) is 5.82 Å². The summed E-state index contributed by atoms with van der Waals surface area (Å²) in [5.74, 6) is 0.782. The van der Waals surface area contributed by atoms with Crippen LogP contribution in [0.2, 0.25) is 0 Å². The third-order valence-electron chi connectivity index (χ3n) is 6.35. The fraction of sp³-hybridized carbons (Fsp3) is 0.696. The van der Waals surface area contributed by atoms with Crippen LogP contribution in [-0.4, -0.2) is 46.9 Å². The van der Waals surface area contributed by atoms with Crippen LogP contribution in [0.25, 0.3) is 0 Å². The number of amides is 1. The quantitative estimate of drug-likeness (QED) is 0.584. The normalized spacial score (nSPS) is 21.3. The zero-order chi connectivity index (χ0) is 21.5. The molecular weight excluding hydrogens is 398 g/mol. The predicted molar refractivity (Wildman–Crippen MR) is 121 cm³/mol. The standard InChI is InChI=1S/C23H35N3O3S/c1-3-14-30-22-19(21(27)24-18-9-5-4-6-10-18)11-12-20(25-22)26-13-7-8-17(15-26)16(2)23(28)29/h11-12,16-18H,3-10,13-15H2,1-2H3,(H,24,27)(H,28,29)/t16?,17-/m1/s1. The van der Waals surface area contributed by atoms with Crippen molar-refractivity contribution in [2.24, 2.45) is 11.8 Å². The van der Waals surface area contributed by atoms with Crippen LogP contribution in [-0.2, 0) is 4.79 Å². The molecule has 2 N–H and O–H groups in total. The number of nitrogens with zero attached hydrogens (tertiary/aromatic N) is 2. The number of carboxylic acids is 1. The number of rotatable bonds is 8. The van der Waals surface area contributed by atoms with Gasteiger partial charge in [0.2, 0.25) is 0 Å². The molecule has 3 rings (SSSR count). The van der Waals surface area contributed by atoms with Gasteiger partial charge in [-0.1, -0.05) is 33.1 Å². The molecule has 0 bridgehead atoms. The second kappa shape index (κ2) is 11.0. The first kappa shape index (κ1) is 22.9. The molecule has 1 aromatic rings. The largest absolute Gasteiger partial charge is 0.481 e. The van der Waals surface area contributed by atoms with E-state index in [-0.39, 0.29) is 23.8 Å². The Labute approximate surface area is 184 Å². The maximum absolute atomic E-state index is 13.0. The van der Waals surface area contributed by atoms with Gasteiger partial charge in [0.25, 0.3) is 5.91 Å². The SMILES string of the molecule is CCCSc1nc(N2CCC[C@@H](C(C)C(=O)O)C2)ccc1C(=O)NC1CCCCC1. The Morgan fingerprint density at radius 1 is 1.23 bits per heavy atom. The molecule has 1 aliphatic heterocycles. The number of piperidine rings is 1. The number of thioether (sulfide) groups is 1. The molecule has 166 valence electrons. The Morgan fingerprint density at radius 3 is 2.70 bits per heavy atom. The number of pyridine rings is 1. The molecule has 1 amide bonds. The lowest BCUT2D eigenvalue weighted by Gasteiger charge is -2.35. The van der Waals surface area contributed by atoms with Crippen molar-refractivity contribution in [3.8, 4) is 0 Å². The van der Waals surface area contributed by atoms with Crippen LogP contribution in [0.15, 0.2) is 17.2 Å². The van der Waals surface area contributed by atoms with Gasteiger partial charge in [0.1, 0.15) is 10.8 Å². The van der Waals surface area contributed by atoms with Crippen molar-refractivity contribution in [2.75, 3.05) is 23.7 Å². The highest BCUT2D eigenvalue weighted by Gasteiger charge is 2.30. The third-order valence-corrected chi connectivity index (χ3v) is 7.55. The summed E-state index contributed by atoms with van der Waals surface area (Å²) in [6.45, 7) is 5.50. The second-order valence-corrected chi connectivity index (χ2v) is 9.74. The third kappa shape index (κ3) is 5.90. The molecule has 7 heteroatoms. The van der Waals surface area contributed by atoms with Gasteiger partial charge in [0.15, 0.2) is 0 Å². The fourth-order valence-electron chi connectivity index (χ4n) is 4.43. The van der Waals surface area contributed by atoms with Gasteiger partial charge in [0.05, 0.1) is 11.5 Å². The lowest BCUT2D eigenvalue weighted by molar-refractivity contribution is -0.143. The average molecular weight is 434 g/mol. The van der Waals surface area contributed by atoms with Gasteiger partial charge in [-0.15, -0.1) is 11.8 Å². The second-order valence-electron chi connectivity index (χ2n) is 8.65. The smallest absolute Gasteiger partial charge is 0.306 e. The Morgan fingerprint density at radius 2 is 2.00 bits per heavy atom. The number of carbonyl (C=O) groups is 2. The lowest BCUT2D eigenvalue weighted by Crippen LogP contribution is -2.40. The molecule has 30 heavy (non-hydrogen) atoms. The number of aromatic nitrogens is 1. The number of aliphatic carboxylic acids is 1. The maximum Gasteiger partial charge on any atom is 0.306 e.